The zero-order valence-electron chi connectivity index (χ0n) is 10.8. The van der Waals surface area contributed by atoms with E-state index in [0.717, 1.165) is 16.1 Å². The molecule has 4 N–H and O–H groups in total. The van der Waals surface area contributed by atoms with Gasteiger partial charge < -0.3 is 10.7 Å². The summed E-state index contributed by atoms with van der Waals surface area (Å²) in [5.74, 6) is 0.661. The molecule has 1 aromatic carbocycles. The van der Waals surface area contributed by atoms with Gasteiger partial charge in [-0.3, -0.25) is 5.41 Å². The first-order chi connectivity index (χ1) is 10.1. The summed E-state index contributed by atoms with van der Waals surface area (Å²) in [6.07, 6.45) is 3.09. The number of aromatic amines is 1. The molecule has 21 heavy (non-hydrogen) atoms. The maximum Gasteiger partial charge on any atom is 0.181 e. The van der Waals surface area contributed by atoms with Crippen LogP contribution in [0.15, 0.2) is 35.9 Å². The van der Waals surface area contributed by atoms with Gasteiger partial charge in [0.05, 0.1) is 6.33 Å². The van der Waals surface area contributed by atoms with E-state index in [9.17, 15) is 0 Å². The van der Waals surface area contributed by atoms with Crippen molar-refractivity contribution < 1.29 is 0 Å². The number of hydrogen-bond donors (Lipinski definition) is 3. The van der Waals surface area contributed by atoms with Crippen LogP contribution < -0.4 is 5.73 Å². The van der Waals surface area contributed by atoms with E-state index in [0.29, 0.717) is 22.0 Å². The zero-order chi connectivity index (χ0) is 14.8. The van der Waals surface area contributed by atoms with Crippen molar-refractivity contribution in [3.05, 3.63) is 47.0 Å². The van der Waals surface area contributed by atoms with Gasteiger partial charge in [-0.15, -0.1) is 0 Å². The van der Waals surface area contributed by atoms with Crippen LogP contribution in [-0.2, 0) is 5.75 Å². The molecule has 0 saturated heterocycles. The number of imidazole rings is 1. The van der Waals surface area contributed by atoms with Crippen molar-refractivity contribution in [3.63, 3.8) is 0 Å². The summed E-state index contributed by atoms with van der Waals surface area (Å²) in [7, 11) is 0. The molecule has 3 rings (SSSR count). The molecule has 0 aliphatic carbocycles. The number of nitrogen functional groups attached to an aromatic ring is 1. The van der Waals surface area contributed by atoms with Gasteiger partial charge in [0.1, 0.15) is 22.7 Å². The molecule has 2 heterocycles. The Morgan fingerprint density at radius 3 is 2.95 bits per heavy atom. The largest absolute Gasteiger partial charge is 0.384 e. The lowest BCUT2D eigenvalue weighted by atomic mass is 10.1. The van der Waals surface area contributed by atoms with Crippen LogP contribution in [-0.4, -0.2) is 25.8 Å². The number of nitrogens with two attached hydrogens (primary N) is 1. The van der Waals surface area contributed by atoms with Gasteiger partial charge in [0, 0.05) is 16.3 Å². The van der Waals surface area contributed by atoms with Crippen LogP contribution in [0.25, 0.3) is 11.2 Å². The number of fused-ring (bicyclic) bond motifs is 1. The quantitative estimate of drug-likeness (QED) is 0.297. The Balaban J connectivity index is 1.82. The van der Waals surface area contributed by atoms with Crippen LogP contribution in [0, 0.1) is 5.41 Å². The van der Waals surface area contributed by atoms with E-state index >= 15 is 0 Å². The Kier molecular flexibility index (Phi) is 3.76. The number of halogens is 1. The van der Waals surface area contributed by atoms with Crippen molar-refractivity contribution in [2.75, 3.05) is 0 Å². The third kappa shape index (κ3) is 2.84. The predicted octanol–water partition coefficient (Wildman–Crippen LogP) is 2.58. The Morgan fingerprint density at radius 2 is 2.19 bits per heavy atom. The van der Waals surface area contributed by atoms with Crippen molar-refractivity contribution in [2.24, 2.45) is 5.73 Å². The summed E-state index contributed by atoms with van der Waals surface area (Å²) in [6, 6.07) is 5.36. The summed E-state index contributed by atoms with van der Waals surface area (Å²) in [6.45, 7) is 0. The average molecular weight is 319 g/mol. The number of rotatable bonds is 4. The van der Waals surface area contributed by atoms with E-state index in [-0.39, 0.29) is 5.84 Å². The number of hydrogen-bond acceptors (Lipinski definition) is 5. The van der Waals surface area contributed by atoms with E-state index in [1.54, 1.807) is 30.2 Å². The molecule has 0 unspecified atom stereocenters. The maximum absolute atomic E-state index is 7.40. The summed E-state index contributed by atoms with van der Waals surface area (Å²) in [5, 5.41) is 8.81. The van der Waals surface area contributed by atoms with Crippen LogP contribution in [0.2, 0.25) is 5.02 Å². The molecule has 0 atom stereocenters. The first kappa shape index (κ1) is 13.8. The second kappa shape index (κ2) is 5.71. The lowest BCUT2D eigenvalue weighted by Gasteiger charge is -2.06. The molecule has 3 aromatic rings. The van der Waals surface area contributed by atoms with Crippen LogP contribution in [0.1, 0.15) is 11.1 Å². The number of amidine groups is 1. The molecule has 0 bridgehead atoms. The van der Waals surface area contributed by atoms with Gasteiger partial charge in [0.25, 0.3) is 0 Å². The molecule has 0 aliphatic rings. The number of H-pyrrole nitrogens is 1. The molecule has 0 radical (unpaired) electrons. The van der Waals surface area contributed by atoms with Crippen LogP contribution in [0.4, 0.5) is 0 Å². The third-order valence-electron chi connectivity index (χ3n) is 2.92. The van der Waals surface area contributed by atoms with Gasteiger partial charge in [0.2, 0.25) is 0 Å². The minimum atomic E-state index is 0.00562. The zero-order valence-corrected chi connectivity index (χ0v) is 12.4. The molecular formula is C13H11ClN6S. The van der Waals surface area contributed by atoms with Gasteiger partial charge in [-0.25, -0.2) is 15.0 Å². The fraction of sp³-hybridized carbons (Fsp3) is 0.0769. The third-order valence-corrected chi connectivity index (χ3v) is 4.31. The molecule has 0 aliphatic heterocycles. The summed E-state index contributed by atoms with van der Waals surface area (Å²) in [5.41, 5.74) is 8.48. The fourth-order valence-electron chi connectivity index (χ4n) is 1.83. The second-order valence-corrected chi connectivity index (χ2v) is 5.66. The summed E-state index contributed by atoms with van der Waals surface area (Å²) < 4.78 is 0. The number of nitrogens with one attached hydrogen (secondary N) is 2. The van der Waals surface area contributed by atoms with Crippen LogP contribution in [0.3, 0.4) is 0 Å². The van der Waals surface area contributed by atoms with E-state index in [1.165, 1.54) is 6.33 Å². The SMILES string of the molecule is N=C(N)c1ccc(CSc2ncnc3nc[nH]c23)c(Cl)c1. The van der Waals surface area contributed by atoms with Crippen LogP contribution in [0.5, 0.6) is 0 Å². The first-order valence-corrected chi connectivity index (χ1v) is 7.41. The normalized spacial score (nSPS) is 10.9. The van der Waals surface area contributed by atoms with Crippen molar-refractivity contribution >= 4 is 40.4 Å². The maximum atomic E-state index is 7.40. The highest BCUT2D eigenvalue weighted by molar-refractivity contribution is 7.98. The van der Waals surface area contributed by atoms with Gasteiger partial charge in [0.15, 0.2) is 5.65 Å². The van der Waals surface area contributed by atoms with E-state index in [4.69, 9.17) is 22.7 Å². The molecule has 8 heteroatoms. The lowest BCUT2D eigenvalue weighted by molar-refractivity contribution is 1.08. The molecule has 0 spiro atoms. The number of thioether (sulfide) groups is 1. The van der Waals surface area contributed by atoms with Crippen molar-refractivity contribution in [1.29, 1.82) is 5.41 Å². The molecule has 0 saturated carbocycles. The van der Waals surface area contributed by atoms with Crippen molar-refractivity contribution in [3.8, 4) is 0 Å². The van der Waals surface area contributed by atoms with Gasteiger partial charge in [-0.2, -0.15) is 0 Å². The highest BCUT2D eigenvalue weighted by Gasteiger charge is 2.09. The van der Waals surface area contributed by atoms with Gasteiger partial charge >= 0.3 is 0 Å². The fourth-order valence-corrected chi connectivity index (χ4v) is 3.12. The molecule has 0 fully saturated rings. The number of benzene rings is 1. The van der Waals surface area contributed by atoms with E-state index < -0.39 is 0 Å². The second-order valence-electron chi connectivity index (χ2n) is 4.29. The Bertz CT molecular complexity index is 815. The molecule has 0 amide bonds. The minimum Gasteiger partial charge on any atom is -0.384 e. The van der Waals surface area contributed by atoms with Gasteiger partial charge in [-0.05, 0) is 11.6 Å². The highest BCUT2D eigenvalue weighted by atomic mass is 35.5. The molecular weight excluding hydrogens is 308 g/mol. The van der Waals surface area contributed by atoms with Crippen molar-refractivity contribution in [2.45, 2.75) is 10.8 Å². The monoisotopic (exact) mass is 318 g/mol. The number of aromatic nitrogens is 4. The highest BCUT2D eigenvalue weighted by Crippen LogP contribution is 2.28. The standard InChI is InChI=1S/C13H11ClN6S/c14-9-3-7(11(15)16)1-2-8(9)4-21-13-10-12(18-5-17-10)19-6-20-13/h1-3,5-6H,4H2,(H3,15,16)(H,17,18,19,20). The number of nitrogens with zero attached hydrogens (tertiary/aromatic N) is 3. The minimum absolute atomic E-state index is 0.00562. The summed E-state index contributed by atoms with van der Waals surface area (Å²) >= 11 is 7.76. The predicted molar refractivity (Wildman–Crippen MR) is 83.7 cm³/mol. The molecule has 6 nitrogen and oxygen atoms in total. The molecule has 2 aromatic heterocycles. The van der Waals surface area contributed by atoms with Crippen molar-refractivity contribution in [1.82, 2.24) is 19.9 Å². The Labute approximate surface area is 129 Å². The Morgan fingerprint density at radius 1 is 1.33 bits per heavy atom. The molecule has 106 valence electrons. The topological polar surface area (TPSA) is 104 Å². The first-order valence-electron chi connectivity index (χ1n) is 6.05. The lowest BCUT2D eigenvalue weighted by Crippen LogP contribution is -2.10. The average Bonchev–Trinajstić information content (AvgIpc) is 2.94. The van der Waals surface area contributed by atoms with E-state index in [2.05, 4.69) is 19.9 Å². The van der Waals surface area contributed by atoms with Crippen LogP contribution >= 0.6 is 23.4 Å². The Hall–Kier alpha value is -2.12. The van der Waals surface area contributed by atoms with Gasteiger partial charge in [-0.1, -0.05) is 35.5 Å². The smallest absolute Gasteiger partial charge is 0.181 e. The summed E-state index contributed by atoms with van der Waals surface area (Å²) in [4.78, 5) is 15.5. The van der Waals surface area contributed by atoms with E-state index in [1.807, 2.05) is 6.07 Å².